The molecular weight excluding hydrogens is 272 g/mol. The molecule has 0 spiro atoms. The maximum atomic E-state index is 5.68. The first-order valence-electron chi connectivity index (χ1n) is 9.11. The lowest BCUT2D eigenvalue weighted by molar-refractivity contribution is 0.00838. The molecule has 3 fully saturated rings. The molecule has 3 nitrogen and oxygen atoms in total. The van der Waals surface area contributed by atoms with E-state index in [1.165, 1.54) is 51.9 Å². The minimum atomic E-state index is 0.0598. The summed E-state index contributed by atoms with van der Waals surface area (Å²) in [7, 11) is 1.81. The molecule has 1 saturated heterocycles. The van der Waals surface area contributed by atoms with Crippen LogP contribution in [0.1, 0.15) is 39.0 Å². The summed E-state index contributed by atoms with van der Waals surface area (Å²) < 4.78 is 5.68. The summed E-state index contributed by atoms with van der Waals surface area (Å²) in [4.78, 5) is 5.45. The van der Waals surface area contributed by atoms with E-state index in [-0.39, 0.29) is 5.54 Å². The van der Waals surface area contributed by atoms with Gasteiger partial charge in [-0.3, -0.25) is 9.80 Å². The van der Waals surface area contributed by atoms with E-state index in [2.05, 4.69) is 35.0 Å². The fourth-order valence-electron chi connectivity index (χ4n) is 5.51. The van der Waals surface area contributed by atoms with E-state index in [9.17, 15) is 0 Å². The van der Waals surface area contributed by atoms with Gasteiger partial charge in [-0.1, -0.05) is 18.6 Å². The minimum Gasteiger partial charge on any atom is -0.499 e. The number of rotatable bonds is 3. The molecule has 4 aliphatic rings. The fraction of sp³-hybridized carbons (Fsp3) is 0.789. The number of ether oxygens (including phenoxy) is 1. The van der Waals surface area contributed by atoms with Crippen LogP contribution in [0.3, 0.4) is 0 Å². The molecule has 0 radical (unpaired) electrons. The maximum absolute atomic E-state index is 5.68. The summed E-state index contributed by atoms with van der Waals surface area (Å²) in [6.45, 7) is 7.19. The molecule has 0 N–H and O–H groups in total. The highest BCUT2D eigenvalue weighted by atomic mass is 16.5. The van der Waals surface area contributed by atoms with Crippen LogP contribution in [0, 0.1) is 11.8 Å². The predicted molar refractivity (Wildman–Crippen MR) is 89.6 cm³/mol. The molecular formula is C19H30N2O. The van der Waals surface area contributed by atoms with E-state index in [0.29, 0.717) is 0 Å². The van der Waals surface area contributed by atoms with Crippen molar-refractivity contribution in [3.05, 3.63) is 24.0 Å². The van der Waals surface area contributed by atoms with Gasteiger partial charge in [0.05, 0.1) is 12.6 Å². The molecule has 0 aromatic rings. The molecule has 2 bridgehead atoms. The number of hydrogen-bond acceptors (Lipinski definition) is 3. The van der Waals surface area contributed by atoms with Crippen molar-refractivity contribution >= 4 is 0 Å². The third-order valence-corrected chi connectivity index (χ3v) is 6.83. The van der Waals surface area contributed by atoms with Crippen LogP contribution in [0.15, 0.2) is 24.0 Å². The number of allylic oxidation sites excluding steroid dienone is 2. The number of methoxy groups -OCH3 is 1. The van der Waals surface area contributed by atoms with Crippen LogP contribution >= 0.6 is 0 Å². The van der Waals surface area contributed by atoms with Gasteiger partial charge in [-0.15, -0.1) is 0 Å². The van der Waals surface area contributed by atoms with Crippen molar-refractivity contribution in [3.63, 3.8) is 0 Å². The molecule has 4 unspecified atom stereocenters. The standard InChI is InChI=1S/C19H30N2O/c1-19(8-4-3-5-18(19)22-2)21-11-9-20(10-12-21)17-14-15-6-7-16(17)13-15/h3-5,15-17H,6-14H2,1-2H3. The molecule has 0 aromatic carbocycles. The molecule has 0 aromatic heterocycles. The van der Waals surface area contributed by atoms with E-state index >= 15 is 0 Å². The Morgan fingerprint density at radius 3 is 2.59 bits per heavy atom. The molecule has 2 saturated carbocycles. The van der Waals surface area contributed by atoms with Crippen LogP contribution in [-0.2, 0) is 4.74 Å². The van der Waals surface area contributed by atoms with Crippen LogP contribution in [-0.4, -0.2) is 54.7 Å². The zero-order valence-electron chi connectivity index (χ0n) is 14.1. The van der Waals surface area contributed by atoms with Crippen molar-refractivity contribution in [2.75, 3.05) is 33.3 Å². The Balaban J connectivity index is 1.39. The van der Waals surface area contributed by atoms with E-state index in [0.717, 1.165) is 30.1 Å². The molecule has 4 atom stereocenters. The Labute approximate surface area is 135 Å². The average molecular weight is 302 g/mol. The predicted octanol–water partition coefficient (Wildman–Crippen LogP) is 3.04. The average Bonchev–Trinajstić information content (AvgIpc) is 3.18. The number of hydrogen-bond donors (Lipinski definition) is 0. The third-order valence-electron chi connectivity index (χ3n) is 6.83. The zero-order chi connectivity index (χ0) is 15.2. The zero-order valence-corrected chi connectivity index (χ0v) is 14.1. The minimum absolute atomic E-state index is 0.0598. The SMILES string of the molecule is COC1=CC=CCC1(C)N1CCN(C2CC3CCC2C3)CC1. The highest BCUT2D eigenvalue weighted by Gasteiger charge is 2.44. The van der Waals surface area contributed by atoms with Crippen molar-refractivity contribution in [3.8, 4) is 0 Å². The maximum Gasteiger partial charge on any atom is 0.116 e. The normalized spacial score (nSPS) is 42.6. The van der Waals surface area contributed by atoms with Crippen LogP contribution in [0.2, 0.25) is 0 Å². The topological polar surface area (TPSA) is 15.7 Å². The molecule has 4 rings (SSSR count). The van der Waals surface area contributed by atoms with E-state index in [1.54, 1.807) is 0 Å². The Morgan fingerprint density at radius 2 is 1.95 bits per heavy atom. The van der Waals surface area contributed by atoms with E-state index in [1.807, 2.05) is 7.11 Å². The van der Waals surface area contributed by atoms with Gasteiger partial charge in [0, 0.05) is 32.2 Å². The van der Waals surface area contributed by atoms with Crippen LogP contribution < -0.4 is 0 Å². The lowest BCUT2D eigenvalue weighted by Gasteiger charge is -2.48. The molecule has 0 amide bonds. The second kappa shape index (κ2) is 5.68. The Kier molecular flexibility index (Phi) is 3.82. The summed E-state index contributed by atoms with van der Waals surface area (Å²) in [6, 6.07) is 0.900. The van der Waals surface area contributed by atoms with Crippen molar-refractivity contribution in [1.29, 1.82) is 0 Å². The summed E-state index contributed by atoms with van der Waals surface area (Å²) in [5.74, 6) is 3.19. The van der Waals surface area contributed by atoms with Crippen molar-refractivity contribution in [2.45, 2.75) is 50.6 Å². The van der Waals surface area contributed by atoms with Gasteiger partial charge >= 0.3 is 0 Å². The Hall–Kier alpha value is -0.800. The first-order chi connectivity index (χ1) is 10.7. The molecule has 3 heteroatoms. The van der Waals surface area contributed by atoms with Crippen LogP contribution in [0.25, 0.3) is 0 Å². The van der Waals surface area contributed by atoms with Crippen molar-refractivity contribution in [1.82, 2.24) is 9.80 Å². The summed E-state index contributed by atoms with van der Waals surface area (Å²) in [6.07, 6.45) is 13.6. The van der Waals surface area contributed by atoms with E-state index in [4.69, 9.17) is 4.74 Å². The summed E-state index contributed by atoms with van der Waals surface area (Å²) in [5, 5.41) is 0. The number of fused-ring (bicyclic) bond motifs is 2. The monoisotopic (exact) mass is 302 g/mol. The van der Waals surface area contributed by atoms with Gasteiger partial charge in [-0.25, -0.2) is 0 Å². The molecule has 22 heavy (non-hydrogen) atoms. The third kappa shape index (κ3) is 2.33. The summed E-state index contributed by atoms with van der Waals surface area (Å²) in [5.41, 5.74) is 0.0598. The first-order valence-corrected chi connectivity index (χ1v) is 9.11. The van der Waals surface area contributed by atoms with Gasteiger partial charge in [0.25, 0.3) is 0 Å². The highest BCUT2D eigenvalue weighted by molar-refractivity contribution is 5.26. The smallest absolute Gasteiger partial charge is 0.116 e. The fourth-order valence-corrected chi connectivity index (χ4v) is 5.51. The molecule has 122 valence electrons. The van der Waals surface area contributed by atoms with Crippen LogP contribution in [0.5, 0.6) is 0 Å². The Morgan fingerprint density at radius 1 is 1.14 bits per heavy atom. The largest absolute Gasteiger partial charge is 0.499 e. The van der Waals surface area contributed by atoms with Gasteiger partial charge in [-0.05, 0) is 50.5 Å². The van der Waals surface area contributed by atoms with Crippen molar-refractivity contribution < 1.29 is 4.74 Å². The first kappa shape index (κ1) is 14.8. The summed E-state index contributed by atoms with van der Waals surface area (Å²) >= 11 is 0. The molecule has 1 heterocycles. The molecule has 3 aliphatic carbocycles. The second-order valence-corrected chi connectivity index (χ2v) is 7.91. The molecule has 1 aliphatic heterocycles. The van der Waals surface area contributed by atoms with Gasteiger partial charge in [0.2, 0.25) is 0 Å². The lowest BCUT2D eigenvalue weighted by atomic mass is 9.88. The number of piperazine rings is 1. The van der Waals surface area contributed by atoms with Gasteiger partial charge in [-0.2, -0.15) is 0 Å². The van der Waals surface area contributed by atoms with Gasteiger partial charge < -0.3 is 4.74 Å². The quantitative estimate of drug-likeness (QED) is 0.797. The second-order valence-electron chi connectivity index (χ2n) is 7.91. The Bertz CT molecular complexity index is 478. The highest BCUT2D eigenvalue weighted by Crippen LogP contribution is 2.47. The van der Waals surface area contributed by atoms with Gasteiger partial charge in [0.1, 0.15) is 5.76 Å². The lowest BCUT2D eigenvalue weighted by Crippen LogP contribution is -2.59. The van der Waals surface area contributed by atoms with Crippen molar-refractivity contribution in [2.24, 2.45) is 11.8 Å². The van der Waals surface area contributed by atoms with Crippen LogP contribution in [0.4, 0.5) is 0 Å². The number of nitrogens with zero attached hydrogens (tertiary/aromatic N) is 2. The van der Waals surface area contributed by atoms with Gasteiger partial charge in [0.15, 0.2) is 0 Å². The van der Waals surface area contributed by atoms with E-state index < -0.39 is 0 Å².